The Balaban J connectivity index is 1.68. The summed E-state index contributed by atoms with van der Waals surface area (Å²) >= 11 is 0. The van der Waals surface area contributed by atoms with E-state index in [1.54, 1.807) is 0 Å². The number of carbonyl (C=O) groups is 1. The number of nitrogens with one attached hydrogen (secondary N) is 3. The van der Waals surface area contributed by atoms with Gasteiger partial charge in [-0.15, -0.1) is 0 Å². The van der Waals surface area contributed by atoms with E-state index in [1.807, 2.05) is 0 Å². The molecule has 6 nitrogen and oxygen atoms in total. The molecular weight excluding hydrogens is 254 g/mol. The van der Waals surface area contributed by atoms with E-state index in [2.05, 4.69) is 16.0 Å². The third-order valence-corrected chi connectivity index (χ3v) is 5.90. The molecule has 104 valence electrons. The number of hydrogen-bond acceptors (Lipinski definition) is 4. The molecule has 0 aliphatic carbocycles. The lowest BCUT2D eigenvalue weighted by molar-refractivity contribution is 0.235. The van der Waals surface area contributed by atoms with Gasteiger partial charge in [0.2, 0.25) is 0 Å². The first-order chi connectivity index (χ1) is 8.58. The lowest BCUT2D eigenvalue weighted by atomic mass is 10.0. The molecule has 0 radical (unpaired) electrons. The molecule has 0 saturated carbocycles. The van der Waals surface area contributed by atoms with Crippen LogP contribution in [0.15, 0.2) is 0 Å². The van der Waals surface area contributed by atoms with Crippen LogP contribution in [-0.2, 0) is 9.84 Å². The minimum absolute atomic E-state index is 0.233. The highest BCUT2D eigenvalue weighted by Gasteiger charge is 2.29. The average Bonchev–Trinajstić information content (AvgIpc) is 2.25. The van der Waals surface area contributed by atoms with Crippen LogP contribution in [0.4, 0.5) is 4.79 Å². The molecule has 3 N–H and O–H groups in total. The Hall–Kier alpha value is -0.820. The Kier molecular flexibility index (Phi) is 4.45. The summed E-state index contributed by atoms with van der Waals surface area (Å²) in [6.07, 6.45) is 2.34. The molecule has 2 saturated heterocycles. The molecule has 0 aromatic rings. The zero-order valence-corrected chi connectivity index (χ0v) is 11.3. The molecule has 2 amide bonds. The van der Waals surface area contributed by atoms with Crippen molar-refractivity contribution in [2.45, 2.75) is 24.5 Å². The minimum atomic E-state index is -3.00. The van der Waals surface area contributed by atoms with Crippen LogP contribution in [-0.4, -0.2) is 51.6 Å². The van der Waals surface area contributed by atoms with Crippen LogP contribution in [0.2, 0.25) is 0 Å². The van der Waals surface area contributed by atoms with E-state index in [9.17, 15) is 13.2 Å². The monoisotopic (exact) mass is 275 g/mol. The van der Waals surface area contributed by atoms with Crippen LogP contribution in [0.1, 0.15) is 19.3 Å². The van der Waals surface area contributed by atoms with Gasteiger partial charge >= 0.3 is 6.03 Å². The van der Waals surface area contributed by atoms with Crippen molar-refractivity contribution in [2.75, 3.05) is 31.9 Å². The van der Waals surface area contributed by atoms with Crippen molar-refractivity contribution in [1.29, 1.82) is 0 Å². The third-order valence-electron chi connectivity index (χ3n) is 3.62. The van der Waals surface area contributed by atoms with Gasteiger partial charge in [0, 0.05) is 32.1 Å². The summed E-state index contributed by atoms with van der Waals surface area (Å²) in [5.41, 5.74) is 0. The fourth-order valence-electron chi connectivity index (χ4n) is 2.25. The Morgan fingerprint density at radius 3 is 2.50 bits per heavy atom. The number of sulfone groups is 1. The lowest BCUT2D eigenvalue weighted by Gasteiger charge is -2.27. The summed E-state index contributed by atoms with van der Waals surface area (Å²) in [5, 5.41) is 8.16. The second kappa shape index (κ2) is 5.88. The topological polar surface area (TPSA) is 87.3 Å². The number of rotatable bonds is 4. The van der Waals surface area contributed by atoms with Crippen LogP contribution >= 0.6 is 0 Å². The van der Waals surface area contributed by atoms with Gasteiger partial charge < -0.3 is 16.0 Å². The number of carbonyl (C=O) groups excluding carboxylic acids is 1. The summed E-state index contributed by atoms with van der Waals surface area (Å²) in [6.45, 7) is 2.77. The van der Waals surface area contributed by atoms with Crippen molar-refractivity contribution in [3.05, 3.63) is 0 Å². The highest BCUT2D eigenvalue weighted by molar-refractivity contribution is 7.92. The van der Waals surface area contributed by atoms with Crippen molar-refractivity contribution in [1.82, 2.24) is 16.0 Å². The maximum Gasteiger partial charge on any atom is 0.314 e. The Morgan fingerprint density at radius 1 is 1.17 bits per heavy atom. The highest BCUT2D eigenvalue weighted by atomic mass is 32.2. The van der Waals surface area contributed by atoms with E-state index >= 15 is 0 Å². The number of amides is 2. The summed E-state index contributed by atoms with van der Waals surface area (Å²) in [6, 6.07) is -0.261. The van der Waals surface area contributed by atoms with Crippen LogP contribution in [0, 0.1) is 5.92 Å². The van der Waals surface area contributed by atoms with E-state index in [0.717, 1.165) is 25.9 Å². The van der Waals surface area contributed by atoms with Crippen LogP contribution < -0.4 is 16.0 Å². The van der Waals surface area contributed by atoms with E-state index in [0.29, 0.717) is 18.9 Å². The molecule has 0 bridgehead atoms. The minimum Gasteiger partial charge on any atom is -0.338 e. The Bertz CT molecular complexity index is 392. The highest BCUT2D eigenvalue weighted by Crippen LogP contribution is 2.18. The predicted octanol–water partition coefficient (Wildman–Crippen LogP) is -0.528. The van der Waals surface area contributed by atoms with Gasteiger partial charge in [-0.1, -0.05) is 6.42 Å². The predicted molar refractivity (Wildman–Crippen MR) is 69.2 cm³/mol. The molecule has 2 heterocycles. The normalized spacial score (nSPS) is 27.2. The van der Waals surface area contributed by atoms with Crippen LogP contribution in [0.3, 0.4) is 0 Å². The van der Waals surface area contributed by atoms with Gasteiger partial charge in [0.05, 0.1) is 11.0 Å². The Labute approximate surface area is 108 Å². The molecule has 2 rings (SSSR count). The molecule has 2 aliphatic rings. The molecule has 7 heteroatoms. The molecule has 2 aliphatic heterocycles. The van der Waals surface area contributed by atoms with E-state index in [1.165, 1.54) is 0 Å². The summed E-state index contributed by atoms with van der Waals surface area (Å²) in [4.78, 5) is 11.5. The maximum absolute atomic E-state index is 11.7. The molecule has 2 fully saturated rings. The van der Waals surface area contributed by atoms with E-state index in [4.69, 9.17) is 0 Å². The van der Waals surface area contributed by atoms with E-state index < -0.39 is 15.1 Å². The quantitative estimate of drug-likeness (QED) is 0.644. The first kappa shape index (κ1) is 13.6. The first-order valence-electron chi connectivity index (χ1n) is 6.52. The standard InChI is InChI=1S/C11H21N3O3S/c15-11(13-7-9-5-12-6-9)14-8-10-3-1-2-4-18(10,16)17/h9-10,12H,1-8H2,(H2,13,14,15). The van der Waals surface area contributed by atoms with E-state index in [-0.39, 0.29) is 18.3 Å². The van der Waals surface area contributed by atoms with Crippen molar-refractivity contribution in [3.63, 3.8) is 0 Å². The van der Waals surface area contributed by atoms with Crippen molar-refractivity contribution in [3.8, 4) is 0 Å². The first-order valence-corrected chi connectivity index (χ1v) is 8.23. The molecule has 0 aromatic carbocycles. The Morgan fingerprint density at radius 2 is 1.89 bits per heavy atom. The maximum atomic E-state index is 11.7. The molecular formula is C11H21N3O3S. The summed E-state index contributed by atoms with van der Waals surface area (Å²) < 4.78 is 23.5. The molecule has 0 spiro atoms. The summed E-state index contributed by atoms with van der Waals surface area (Å²) in [7, 11) is -3.00. The van der Waals surface area contributed by atoms with Crippen molar-refractivity contribution >= 4 is 15.9 Å². The number of urea groups is 1. The zero-order chi connectivity index (χ0) is 13.0. The molecule has 1 unspecified atom stereocenters. The summed E-state index contributed by atoms with van der Waals surface area (Å²) in [5.74, 6) is 0.767. The molecule has 18 heavy (non-hydrogen) atoms. The van der Waals surface area contributed by atoms with Crippen LogP contribution in [0.25, 0.3) is 0 Å². The van der Waals surface area contributed by atoms with Crippen molar-refractivity contribution in [2.24, 2.45) is 5.92 Å². The van der Waals surface area contributed by atoms with Gasteiger partial charge in [-0.2, -0.15) is 0 Å². The number of hydrogen-bond donors (Lipinski definition) is 3. The largest absolute Gasteiger partial charge is 0.338 e. The van der Waals surface area contributed by atoms with Gasteiger partial charge in [0.15, 0.2) is 9.84 Å². The van der Waals surface area contributed by atoms with Crippen LogP contribution in [0.5, 0.6) is 0 Å². The fourth-order valence-corrected chi connectivity index (χ4v) is 4.05. The second-order valence-electron chi connectivity index (χ2n) is 5.10. The molecule has 1 atom stereocenters. The van der Waals surface area contributed by atoms with Crippen molar-refractivity contribution < 1.29 is 13.2 Å². The van der Waals surface area contributed by atoms with Gasteiger partial charge in [-0.25, -0.2) is 13.2 Å². The smallest absolute Gasteiger partial charge is 0.314 e. The van der Waals surface area contributed by atoms with Gasteiger partial charge in [0.1, 0.15) is 0 Å². The second-order valence-corrected chi connectivity index (χ2v) is 7.50. The lowest BCUT2D eigenvalue weighted by Crippen LogP contribution is -2.50. The van der Waals surface area contributed by atoms with Gasteiger partial charge in [0.25, 0.3) is 0 Å². The van der Waals surface area contributed by atoms with Gasteiger partial charge in [-0.3, -0.25) is 0 Å². The SMILES string of the molecule is O=C(NCC1CNC1)NCC1CCCCS1(=O)=O. The third kappa shape index (κ3) is 3.58. The fraction of sp³-hybridized carbons (Fsp3) is 0.909. The zero-order valence-electron chi connectivity index (χ0n) is 10.4. The molecule has 0 aromatic heterocycles. The van der Waals surface area contributed by atoms with Gasteiger partial charge in [-0.05, 0) is 12.8 Å². The average molecular weight is 275 g/mol.